The van der Waals surface area contributed by atoms with Gasteiger partial charge in [0.15, 0.2) is 6.79 Å². The van der Waals surface area contributed by atoms with Crippen molar-refractivity contribution in [3.63, 3.8) is 0 Å². The van der Waals surface area contributed by atoms with Gasteiger partial charge < -0.3 is 18.9 Å². The fourth-order valence-electron chi connectivity index (χ4n) is 4.22. The topological polar surface area (TPSA) is 71.1 Å². The van der Waals surface area contributed by atoms with Gasteiger partial charge in [0.2, 0.25) is 0 Å². The van der Waals surface area contributed by atoms with E-state index >= 15 is 0 Å². The molecule has 0 atom stereocenters. The number of benzene rings is 2. The van der Waals surface area contributed by atoms with E-state index in [1.807, 2.05) is 54.5 Å². The van der Waals surface area contributed by atoms with E-state index in [2.05, 4.69) is 6.92 Å². The fraction of sp³-hybridized carbons (Fsp3) is 0.500. The van der Waals surface area contributed by atoms with Crippen molar-refractivity contribution in [1.82, 2.24) is 0 Å². The molecule has 0 aromatic heterocycles. The highest BCUT2D eigenvalue weighted by atomic mass is 16.7. The van der Waals surface area contributed by atoms with Gasteiger partial charge in [0, 0.05) is 7.11 Å². The van der Waals surface area contributed by atoms with Crippen LogP contribution in [0.5, 0.6) is 11.5 Å². The molecule has 0 unspecified atom stereocenters. The zero-order valence-electron chi connectivity index (χ0n) is 22.1. The maximum absolute atomic E-state index is 13.4. The standard InChI is InChI=1S/C28H38O6/c1-10-12-13-32-23-14-16(3)24(18(5)17(23)4)28(30)34-26-20(7)19(6)25(21(8)22(26)11-2)27(29)33-15-31-9/h14H,10-13,15H2,1-9H3. The van der Waals surface area contributed by atoms with Crippen LogP contribution in [0.2, 0.25) is 0 Å². The molecule has 186 valence electrons. The number of carbonyl (C=O) groups is 2. The average molecular weight is 471 g/mol. The van der Waals surface area contributed by atoms with E-state index in [0.717, 1.165) is 57.5 Å². The maximum Gasteiger partial charge on any atom is 0.344 e. The summed E-state index contributed by atoms with van der Waals surface area (Å²) in [5, 5.41) is 0. The van der Waals surface area contributed by atoms with Crippen molar-refractivity contribution in [2.45, 2.75) is 74.7 Å². The summed E-state index contributed by atoms with van der Waals surface area (Å²) < 4.78 is 22.0. The Bertz CT molecular complexity index is 1070. The van der Waals surface area contributed by atoms with Crippen LogP contribution in [-0.2, 0) is 15.9 Å². The van der Waals surface area contributed by atoms with E-state index in [-0.39, 0.29) is 6.79 Å². The van der Waals surface area contributed by atoms with E-state index < -0.39 is 11.9 Å². The molecule has 0 spiro atoms. The molecule has 0 aliphatic heterocycles. The lowest BCUT2D eigenvalue weighted by atomic mass is 9.91. The lowest BCUT2D eigenvalue weighted by Gasteiger charge is -2.22. The average Bonchev–Trinajstić information content (AvgIpc) is 2.79. The SMILES string of the molecule is CCCCOc1cc(C)c(C(=O)Oc2c(C)c(C)c(C(=O)OCOC)c(C)c2CC)c(C)c1C. The molecule has 6 heteroatoms. The van der Waals surface area contributed by atoms with Crippen LogP contribution in [0.3, 0.4) is 0 Å². The van der Waals surface area contributed by atoms with Crippen molar-refractivity contribution in [3.8, 4) is 11.5 Å². The molecule has 0 aliphatic rings. The predicted octanol–water partition coefficient (Wildman–Crippen LogP) is 6.26. The Morgan fingerprint density at radius 3 is 2.06 bits per heavy atom. The number of methoxy groups -OCH3 is 1. The summed E-state index contributed by atoms with van der Waals surface area (Å²) in [5.41, 5.74) is 6.65. The number of esters is 2. The van der Waals surface area contributed by atoms with Crippen LogP contribution in [0, 0.1) is 41.5 Å². The van der Waals surface area contributed by atoms with Crippen molar-refractivity contribution in [3.05, 3.63) is 56.1 Å². The largest absolute Gasteiger partial charge is 0.493 e. The first-order valence-corrected chi connectivity index (χ1v) is 11.8. The molecule has 6 nitrogen and oxygen atoms in total. The molecular weight excluding hydrogens is 432 g/mol. The van der Waals surface area contributed by atoms with Gasteiger partial charge in [-0.05, 0) is 99.4 Å². The normalized spacial score (nSPS) is 10.9. The molecule has 0 fully saturated rings. The molecule has 0 aliphatic carbocycles. The number of hydrogen-bond donors (Lipinski definition) is 0. The first-order chi connectivity index (χ1) is 16.1. The third-order valence-electron chi connectivity index (χ3n) is 6.45. The fourth-order valence-corrected chi connectivity index (χ4v) is 4.22. The van der Waals surface area contributed by atoms with E-state index in [4.69, 9.17) is 18.9 Å². The van der Waals surface area contributed by atoms with Gasteiger partial charge in [-0.1, -0.05) is 20.3 Å². The van der Waals surface area contributed by atoms with Crippen LogP contribution in [0.15, 0.2) is 6.07 Å². The van der Waals surface area contributed by atoms with Gasteiger partial charge in [0.1, 0.15) is 11.5 Å². The van der Waals surface area contributed by atoms with Gasteiger partial charge >= 0.3 is 11.9 Å². The Morgan fingerprint density at radius 1 is 0.824 bits per heavy atom. The van der Waals surface area contributed by atoms with Crippen LogP contribution in [0.1, 0.15) is 86.3 Å². The zero-order valence-corrected chi connectivity index (χ0v) is 22.1. The minimum absolute atomic E-state index is 0.120. The van der Waals surface area contributed by atoms with E-state index in [0.29, 0.717) is 29.9 Å². The second-order valence-electron chi connectivity index (χ2n) is 8.66. The van der Waals surface area contributed by atoms with E-state index in [1.54, 1.807) is 0 Å². The van der Waals surface area contributed by atoms with Crippen molar-refractivity contribution in [2.75, 3.05) is 20.5 Å². The van der Waals surface area contributed by atoms with Crippen LogP contribution < -0.4 is 9.47 Å². The molecule has 0 amide bonds. The Hall–Kier alpha value is -2.86. The molecule has 0 radical (unpaired) electrons. The monoisotopic (exact) mass is 470 g/mol. The number of carbonyl (C=O) groups excluding carboxylic acids is 2. The number of aryl methyl sites for hydroxylation is 1. The van der Waals surface area contributed by atoms with Gasteiger partial charge in [-0.25, -0.2) is 9.59 Å². The van der Waals surface area contributed by atoms with Crippen LogP contribution in [0.25, 0.3) is 0 Å². The molecule has 2 aromatic rings. The number of unbranched alkanes of at least 4 members (excludes halogenated alkanes) is 1. The van der Waals surface area contributed by atoms with Gasteiger partial charge in [-0.2, -0.15) is 0 Å². The Kier molecular flexibility index (Phi) is 9.68. The predicted molar refractivity (Wildman–Crippen MR) is 133 cm³/mol. The second kappa shape index (κ2) is 12.0. The first-order valence-electron chi connectivity index (χ1n) is 11.8. The minimum atomic E-state index is -0.450. The Morgan fingerprint density at radius 2 is 1.47 bits per heavy atom. The molecule has 0 saturated heterocycles. The summed E-state index contributed by atoms with van der Waals surface area (Å²) in [4.78, 5) is 26.1. The molecule has 2 rings (SSSR count). The molecule has 0 heterocycles. The third kappa shape index (κ3) is 5.61. The molecule has 34 heavy (non-hydrogen) atoms. The third-order valence-corrected chi connectivity index (χ3v) is 6.45. The van der Waals surface area contributed by atoms with E-state index in [1.165, 1.54) is 7.11 Å². The van der Waals surface area contributed by atoms with Crippen LogP contribution >= 0.6 is 0 Å². The highest BCUT2D eigenvalue weighted by molar-refractivity contribution is 5.97. The number of rotatable bonds is 10. The summed E-state index contributed by atoms with van der Waals surface area (Å²) in [6.45, 7) is 16.0. The van der Waals surface area contributed by atoms with Gasteiger partial charge in [0.25, 0.3) is 0 Å². The van der Waals surface area contributed by atoms with Crippen LogP contribution in [0.4, 0.5) is 0 Å². The number of ether oxygens (including phenoxy) is 4. The second-order valence-corrected chi connectivity index (χ2v) is 8.66. The molecule has 0 N–H and O–H groups in total. The summed E-state index contributed by atoms with van der Waals surface area (Å²) >= 11 is 0. The van der Waals surface area contributed by atoms with Crippen molar-refractivity contribution < 1.29 is 28.5 Å². The zero-order chi connectivity index (χ0) is 25.6. The maximum atomic E-state index is 13.4. The molecule has 2 aromatic carbocycles. The van der Waals surface area contributed by atoms with Gasteiger partial charge in [-0.3, -0.25) is 0 Å². The van der Waals surface area contributed by atoms with Gasteiger partial charge in [-0.15, -0.1) is 0 Å². The molecule has 0 saturated carbocycles. The minimum Gasteiger partial charge on any atom is -0.493 e. The first kappa shape index (κ1) is 27.4. The molecule has 0 bridgehead atoms. The highest BCUT2D eigenvalue weighted by Gasteiger charge is 2.26. The van der Waals surface area contributed by atoms with Crippen LogP contribution in [-0.4, -0.2) is 32.4 Å². The highest BCUT2D eigenvalue weighted by Crippen LogP contribution is 2.36. The lowest BCUT2D eigenvalue weighted by molar-refractivity contribution is -0.0126. The smallest absolute Gasteiger partial charge is 0.344 e. The lowest BCUT2D eigenvalue weighted by Crippen LogP contribution is -2.18. The van der Waals surface area contributed by atoms with Gasteiger partial charge in [0.05, 0.1) is 17.7 Å². The Labute approximate surface area is 203 Å². The van der Waals surface area contributed by atoms with Crippen molar-refractivity contribution >= 4 is 11.9 Å². The van der Waals surface area contributed by atoms with Crippen molar-refractivity contribution in [2.24, 2.45) is 0 Å². The summed E-state index contributed by atoms with van der Waals surface area (Å²) in [7, 11) is 1.47. The number of hydrogen-bond acceptors (Lipinski definition) is 6. The Balaban J connectivity index is 2.49. The molecular formula is C28H38O6. The summed E-state index contributed by atoms with van der Waals surface area (Å²) in [6, 6.07) is 1.91. The van der Waals surface area contributed by atoms with Crippen molar-refractivity contribution in [1.29, 1.82) is 0 Å². The quantitative estimate of drug-likeness (QED) is 0.177. The summed E-state index contributed by atoms with van der Waals surface area (Å²) in [6.07, 6.45) is 2.64. The van der Waals surface area contributed by atoms with E-state index in [9.17, 15) is 9.59 Å². The summed E-state index contributed by atoms with van der Waals surface area (Å²) in [5.74, 6) is 0.444.